The Bertz CT molecular complexity index is 953. The second-order valence-corrected chi connectivity index (χ2v) is 5.90. The summed E-state index contributed by atoms with van der Waals surface area (Å²) in [6.07, 6.45) is 3.32. The minimum atomic E-state index is -0.417. The second-order valence-electron chi connectivity index (χ2n) is 5.90. The lowest BCUT2D eigenvalue weighted by Gasteiger charge is -2.04. The highest BCUT2D eigenvalue weighted by atomic mass is 19.1. The highest BCUT2D eigenvalue weighted by Crippen LogP contribution is 2.36. The summed E-state index contributed by atoms with van der Waals surface area (Å²) in [6.45, 7) is -0.233. The van der Waals surface area contributed by atoms with Gasteiger partial charge in [-0.1, -0.05) is 0 Å². The molecule has 7 nitrogen and oxygen atoms in total. The van der Waals surface area contributed by atoms with E-state index in [-0.39, 0.29) is 24.1 Å². The fourth-order valence-corrected chi connectivity index (χ4v) is 2.63. The van der Waals surface area contributed by atoms with Crippen LogP contribution in [0.4, 0.5) is 10.1 Å². The molecule has 1 aliphatic rings. The van der Waals surface area contributed by atoms with Gasteiger partial charge in [0, 0.05) is 11.7 Å². The maximum atomic E-state index is 12.9. The van der Waals surface area contributed by atoms with Crippen molar-refractivity contribution < 1.29 is 13.6 Å². The predicted molar refractivity (Wildman–Crippen MR) is 87.5 cm³/mol. The lowest BCUT2D eigenvalue weighted by atomic mass is 10.3. The monoisotopic (exact) mass is 342 g/mol. The zero-order valence-corrected chi connectivity index (χ0v) is 13.2. The van der Waals surface area contributed by atoms with Crippen molar-refractivity contribution in [3.63, 3.8) is 0 Å². The van der Waals surface area contributed by atoms with Crippen LogP contribution in [0.5, 0.6) is 0 Å². The van der Waals surface area contributed by atoms with Crippen molar-refractivity contribution in [1.82, 2.24) is 14.3 Å². The highest BCUT2D eigenvalue weighted by Gasteiger charge is 2.31. The van der Waals surface area contributed by atoms with Crippen molar-refractivity contribution in [2.24, 2.45) is 0 Å². The van der Waals surface area contributed by atoms with Crippen molar-refractivity contribution in [3.05, 3.63) is 59.0 Å². The van der Waals surface area contributed by atoms with Crippen LogP contribution in [0.15, 0.2) is 51.9 Å². The molecule has 1 N–H and O–H groups in total. The Morgan fingerprint density at radius 2 is 2.04 bits per heavy atom. The molecule has 2 aromatic heterocycles. The van der Waals surface area contributed by atoms with Gasteiger partial charge in [-0.2, -0.15) is 0 Å². The summed E-state index contributed by atoms with van der Waals surface area (Å²) in [7, 11) is 0. The summed E-state index contributed by atoms with van der Waals surface area (Å²) < 4.78 is 20.9. The summed E-state index contributed by atoms with van der Waals surface area (Å²) in [5.41, 5.74) is 0.107. The van der Waals surface area contributed by atoms with E-state index < -0.39 is 5.91 Å². The number of furan rings is 1. The molecule has 1 saturated carbocycles. The van der Waals surface area contributed by atoms with E-state index in [1.54, 1.807) is 16.7 Å². The fraction of sp³-hybridized carbons (Fsp3) is 0.235. The van der Waals surface area contributed by atoms with Crippen LogP contribution in [0.25, 0.3) is 11.6 Å². The number of hydrogen-bond acceptors (Lipinski definition) is 4. The Balaban J connectivity index is 1.58. The van der Waals surface area contributed by atoms with Crippen LogP contribution in [-0.4, -0.2) is 20.3 Å². The third-order valence-electron chi connectivity index (χ3n) is 3.95. The molecule has 25 heavy (non-hydrogen) atoms. The molecule has 0 aliphatic heterocycles. The molecule has 0 atom stereocenters. The van der Waals surface area contributed by atoms with Gasteiger partial charge in [0.25, 0.3) is 0 Å². The second kappa shape index (κ2) is 6.04. The van der Waals surface area contributed by atoms with E-state index in [2.05, 4.69) is 10.4 Å². The zero-order valence-electron chi connectivity index (χ0n) is 13.2. The first-order valence-electron chi connectivity index (χ1n) is 7.90. The molecule has 4 rings (SSSR count). The molecule has 0 radical (unpaired) electrons. The number of hydrogen-bond donors (Lipinski definition) is 1. The van der Waals surface area contributed by atoms with E-state index in [1.807, 2.05) is 0 Å². The number of carbonyl (C=O) groups excluding carboxylic acids is 1. The summed E-state index contributed by atoms with van der Waals surface area (Å²) >= 11 is 0. The number of rotatable bonds is 5. The molecule has 0 bridgehead atoms. The Hall–Kier alpha value is -3.16. The van der Waals surface area contributed by atoms with Crippen molar-refractivity contribution in [2.75, 3.05) is 5.32 Å². The Kier molecular flexibility index (Phi) is 3.72. The van der Waals surface area contributed by atoms with Crippen LogP contribution in [0.3, 0.4) is 0 Å². The average molecular weight is 342 g/mol. The molecule has 8 heteroatoms. The van der Waals surface area contributed by atoms with Gasteiger partial charge < -0.3 is 9.73 Å². The number of aromatic nitrogens is 3. The molecule has 0 saturated heterocycles. The highest BCUT2D eigenvalue weighted by molar-refractivity contribution is 5.90. The van der Waals surface area contributed by atoms with Gasteiger partial charge in [-0.25, -0.2) is 13.9 Å². The number of carbonyl (C=O) groups is 1. The van der Waals surface area contributed by atoms with E-state index >= 15 is 0 Å². The molecular weight excluding hydrogens is 327 g/mol. The number of benzene rings is 1. The summed E-state index contributed by atoms with van der Waals surface area (Å²) in [6, 6.07) is 8.94. The van der Waals surface area contributed by atoms with E-state index in [1.165, 1.54) is 30.5 Å². The molecular formula is C17H15FN4O3. The SMILES string of the molecule is O=C(Cn1nc(-c2ccco2)n(C2CC2)c1=O)Nc1ccc(F)cc1. The van der Waals surface area contributed by atoms with Crippen LogP contribution in [0.2, 0.25) is 0 Å². The van der Waals surface area contributed by atoms with Gasteiger partial charge >= 0.3 is 5.69 Å². The van der Waals surface area contributed by atoms with E-state index in [9.17, 15) is 14.0 Å². The third kappa shape index (κ3) is 3.10. The Morgan fingerprint density at radius 3 is 2.68 bits per heavy atom. The number of halogens is 1. The van der Waals surface area contributed by atoms with Crippen LogP contribution >= 0.6 is 0 Å². The molecule has 0 spiro atoms. The van der Waals surface area contributed by atoms with Crippen molar-refractivity contribution >= 4 is 11.6 Å². The third-order valence-corrected chi connectivity index (χ3v) is 3.95. The fourth-order valence-electron chi connectivity index (χ4n) is 2.63. The standard InChI is InChI=1S/C17H15FN4O3/c18-11-3-5-12(6-4-11)19-15(23)10-21-17(24)22(13-7-8-13)16(20-21)14-2-1-9-25-14/h1-6,9,13H,7-8,10H2,(H,19,23). The van der Waals surface area contributed by atoms with E-state index in [4.69, 9.17) is 4.42 Å². The van der Waals surface area contributed by atoms with E-state index in [0.717, 1.165) is 17.5 Å². The molecule has 1 amide bonds. The first kappa shape index (κ1) is 15.4. The number of nitrogens with zero attached hydrogens (tertiary/aromatic N) is 3. The quantitative estimate of drug-likeness (QED) is 0.772. The van der Waals surface area contributed by atoms with Crippen molar-refractivity contribution in [1.29, 1.82) is 0 Å². The molecule has 128 valence electrons. The van der Waals surface area contributed by atoms with Gasteiger partial charge in [-0.05, 0) is 49.2 Å². The van der Waals surface area contributed by atoms with Crippen LogP contribution in [0.1, 0.15) is 18.9 Å². The molecule has 0 unspecified atom stereocenters. The number of amides is 1. The van der Waals surface area contributed by atoms with Crippen molar-refractivity contribution in [2.45, 2.75) is 25.4 Å². The number of nitrogens with one attached hydrogen (secondary N) is 1. The largest absolute Gasteiger partial charge is 0.461 e. The van der Waals surface area contributed by atoms with Gasteiger partial charge in [0.15, 0.2) is 5.76 Å². The lowest BCUT2D eigenvalue weighted by molar-refractivity contribution is -0.117. The minimum Gasteiger partial charge on any atom is -0.461 e. The van der Waals surface area contributed by atoms with Crippen LogP contribution in [-0.2, 0) is 11.3 Å². The van der Waals surface area contributed by atoms with Gasteiger partial charge in [0.2, 0.25) is 11.7 Å². The van der Waals surface area contributed by atoms with Gasteiger partial charge in [-0.15, -0.1) is 5.10 Å². The summed E-state index contributed by atoms with van der Waals surface area (Å²) in [4.78, 5) is 24.8. The normalized spacial score (nSPS) is 13.8. The van der Waals surface area contributed by atoms with Gasteiger partial charge in [-0.3, -0.25) is 9.36 Å². The zero-order chi connectivity index (χ0) is 17.4. The Labute approximate surface area is 141 Å². The minimum absolute atomic E-state index is 0.0986. The maximum absolute atomic E-state index is 12.9. The smallest absolute Gasteiger partial charge is 0.347 e. The van der Waals surface area contributed by atoms with Crippen molar-refractivity contribution in [3.8, 4) is 11.6 Å². The van der Waals surface area contributed by atoms with Crippen LogP contribution < -0.4 is 11.0 Å². The predicted octanol–water partition coefficient (Wildman–Crippen LogP) is 2.42. The van der Waals surface area contributed by atoms with Crippen LogP contribution in [0, 0.1) is 5.82 Å². The Morgan fingerprint density at radius 1 is 1.28 bits per heavy atom. The summed E-state index contributed by atoms with van der Waals surface area (Å²) in [5.74, 6) is 0.106. The number of anilines is 1. The molecule has 1 aromatic carbocycles. The summed E-state index contributed by atoms with van der Waals surface area (Å²) in [5, 5.41) is 6.88. The first-order chi connectivity index (χ1) is 12.1. The molecule has 3 aromatic rings. The first-order valence-corrected chi connectivity index (χ1v) is 7.90. The molecule has 2 heterocycles. The topological polar surface area (TPSA) is 82.1 Å². The average Bonchev–Trinajstić information content (AvgIpc) is 3.17. The van der Waals surface area contributed by atoms with E-state index in [0.29, 0.717) is 17.3 Å². The maximum Gasteiger partial charge on any atom is 0.347 e. The molecule has 1 fully saturated rings. The molecule has 1 aliphatic carbocycles. The van der Waals surface area contributed by atoms with Gasteiger partial charge in [0.05, 0.1) is 6.26 Å². The lowest BCUT2D eigenvalue weighted by Crippen LogP contribution is -2.30. The van der Waals surface area contributed by atoms with Gasteiger partial charge in [0.1, 0.15) is 12.4 Å².